The quantitative estimate of drug-likeness (QED) is 0.715. The third-order valence-electron chi connectivity index (χ3n) is 2.88. The van der Waals surface area contributed by atoms with Gasteiger partial charge in [-0.05, 0) is 13.1 Å². The van der Waals surface area contributed by atoms with E-state index in [2.05, 4.69) is 20.7 Å². The van der Waals surface area contributed by atoms with Crippen molar-refractivity contribution in [3.8, 4) is 5.88 Å². The maximum atomic E-state index is 12.0. The number of anilines is 1. The minimum atomic E-state index is -0.172. The molecule has 0 spiro atoms. The van der Waals surface area contributed by atoms with Crippen LogP contribution in [0.3, 0.4) is 0 Å². The van der Waals surface area contributed by atoms with E-state index >= 15 is 0 Å². The molecule has 0 atom stereocenters. The smallest absolute Gasteiger partial charge is 0.269 e. The Morgan fingerprint density at radius 2 is 2.19 bits per heavy atom. The standard InChI is InChI=1S/C14H19N5O2/c1-15-6-7-16-12-8-14(20)19(17-9-12)10-11-4-3-5-13(18-11)21-2/h3-5,8-9,15-16H,6-7,10H2,1-2H3. The van der Waals surface area contributed by atoms with Gasteiger partial charge in [-0.25, -0.2) is 9.67 Å². The van der Waals surface area contributed by atoms with Crippen LogP contribution in [0.2, 0.25) is 0 Å². The van der Waals surface area contributed by atoms with Gasteiger partial charge in [-0.3, -0.25) is 4.79 Å². The third kappa shape index (κ3) is 4.28. The summed E-state index contributed by atoms with van der Waals surface area (Å²) in [6.45, 7) is 1.86. The van der Waals surface area contributed by atoms with Crippen molar-refractivity contribution in [2.45, 2.75) is 6.54 Å². The lowest BCUT2D eigenvalue weighted by Crippen LogP contribution is -2.24. The van der Waals surface area contributed by atoms with Gasteiger partial charge in [0.25, 0.3) is 5.56 Å². The van der Waals surface area contributed by atoms with Crippen molar-refractivity contribution in [1.82, 2.24) is 20.1 Å². The summed E-state index contributed by atoms with van der Waals surface area (Å²) in [5.74, 6) is 0.519. The molecule has 2 heterocycles. The lowest BCUT2D eigenvalue weighted by Gasteiger charge is -2.08. The normalized spacial score (nSPS) is 10.4. The molecular weight excluding hydrogens is 270 g/mol. The zero-order chi connectivity index (χ0) is 15.1. The number of pyridine rings is 1. The van der Waals surface area contributed by atoms with Crippen LogP contribution in [-0.2, 0) is 6.54 Å². The number of aromatic nitrogens is 3. The second kappa shape index (κ2) is 7.39. The van der Waals surface area contributed by atoms with Gasteiger partial charge in [0.1, 0.15) is 0 Å². The molecular formula is C14H19N5O2. The van der Waals surface area contributed by atoms with Crippen molar-refractivity contribution in [2.75, 3.05) is 32.6 Å². The molecule has 0 radical (unpaired) electrons. The molecule has 2 rings (SSSR count). The largest absolute Gasteiger partial charge is 0.481 e. The Morgan fingerprint density at radius 3 is 2.90 bits per heavy atom. The average Bonchev–Trinajstić information content (AvgIpc) is 2.50. The fourth-order valence-electron chi connectivity index (χ4n) is 1.79. The summed E-state index contributed by atoms with van der Waals surface area (Å²) in [7, 11) is 3.43. The molecule has 21 heavy (non-hydrogen) atoms. The molecule has 2 aromatic rings. The second-order valence-electron chi connectivity index (χ2n) is 4.44. The molecule has 0 saturated heterocycles. The van der Waals surface area contributed by atoms with Gasteiger partial charge in [0.05, 0.1) is 31.2 Å². The first-order valence-electron chi connectivity index (χ1n) is 6.68. The maximum Gasteiger partial charge on any atom is 0.269 e. The number of rotatable bonds is 7. The highest BCUT2D eigenvalue weighted by atomic mass is 16.5. The number of methoxy groups -OCH3 is 1. The number of likely N-dealkylation sites (N-methyl/N-ethyl adjacent to an activating group) is 1. The molecule has 0 aromatic carbocycles. The van der Waals surface area contributed by atoms with E-state index in [1.165, 1.54) is 10.7 Å². The number of hydrogen-bond acceptors (Lipinski definition) is 6. The minimum absolute atomic E-state index is 0.172. The minimum Gasteiger partial charge on any atom is -0.481 e. The molecule has 0 unspecified atom stereocenters. The summed E-state index contributed by atoms with van der Waals surface area (Å²) < 4.78 is 6.43. The summed E-state index contributed by atoms with van der Waals surface area (Å²) in [6, 6.07) is 6.95. The molecule has 0 aliphatic rings. The predicted molar refractivity (Wildman–Crippen MR) is 80.8 cm³/mol. The van der Waals surface area contributed by atoms with Crippen LogP contribution in [0.4, 0.5) is 5.69 Å². The molecule has 0 amide bonds. The van der Waals surface area contributed by atoms with Crippen LogP contribution in [-0.4, -0.2) is 42.0 Å². The average molecular weight is 289 g/mol. The van der Waals surface area contributed by atoms with Gasteiger partial charge in [-0.2, -0.15) is 5.10 Å². The number of ether oxygens (including phenoxy) is 1. The summed E-state index contributed by atoms with van der Waals surface area (Å²) in [6.07, 6.45) is 1.64. The van der Waals surface area contributed by atoms with Gasteiger partial charge in [0.2, 0.25) is 5.88 Å². The molecule has 7 heteroatoms. The van der Waals surface area contributed by atoms with Crippen molar-refractivity contribution >= 4 is 5.69 Å². The molecule has 0 saturated carbocycles. The van der Waals surface area contributed by atoms with E-state index in [-0.39, 0.29) is 5.56 Å². The molecule has 2 N–H and O–H groups in total. The summed E-state index contributed by atoms with van der Waals surface area (Å²) in [5, 5.41) is 10.3. The Morgan fingerprint density at radius 1 is 1.33 bits per heavy atom. The Labute approximate surface area is 123 Å². The third-order valence-corrected chi connectivity index (χ3v) is 2.88. The van der Waals surface area contributed by atoms with Crippen LogP contribution in [0, 0.1) is 0 Å². The van der Waals surface area contributed by atoms with Gasteiger partial charge >= 0.3 is 0 Å². The Balaban J connectivity index is 2.08. The van der Waals surface area contributed by atoms with Gasteiger partial charge in [0, 0.05) is 25.2 Å². The summed E-state index contributed by atoms with van der Waals surface area (Å²) in [4.78, 5) is 16.3. The first kappa shape index (κ1) is 15.0. The zero-order valence-electron chi connectivity index (χ0n) is 12.2. The van der Waals surface area contributed by atoms with E-state index in [0.717, 1.165) is 18.8 Å². The lowest BCUT2D eigenvalue weighted by molar-refractivity contribution is 0.395. The van der Waals surface area contributed by atoms with Crippen LogP contribution < -0.4 is 20.9 Å². The van der Waals surface area contributed by atoms with E-state index in [9.17, 15) is 4.79 Å². The van der Waals surface area contributed by atoms with Crippen LogP contribution in [0.15, 0.2) is 35.3 Å². The fourth-order valence-corrected chi connectivity index (χ4v) is 1.79. The van der Waals surface area contributed by atoms with Gasteiger partial charge in [-0.1, -0.05) is 6.07 Å². The van der Waals surface area contributed by atoms with E-state index < -0.39 is 0 Å². The number of hydrogen-bond donors (Lipinski definition) is 2. The SMILES string of the molecule is CNCCNc1cnn(Cc2cccc(OC)n2)c(=O)c1. The Kier molecular flexibility index (Phi) is 5.28. The van der Waals surface area contributed by atoms with Gasteiger partial charge < -0.3 is 15.4 Å². The topological polar surface area (TPSA) is 81.1 Å². The highest BCUT2D eigenvalue weighted by molar-refractivity contribution is 5.38. The van der Waals surface area contributed by atoms with Crippen LogP contribution in [0.25, 0.3) is 0 Å². The van der Waals surface area contributed by atoms with E-state index in [0.29, 0.717) is 18.1 Å². The van der Waals surface area contributed by atoms with Crippen LogP contribution in [0.1, 0.15) is 5.69 Å². The van der Waals surface area contributed by atoms with Gasteiger partial charge in [0.15, 0.2) is 0 Å². The second-order valence-corrected chi connectivity index (χ2v) is 4.44. The first-order valence-corrected chi connectivity index (χ1v) is 6.68. The van der Waals surface area contributed by atoms with Crippen LogP contribution in [0.5, 0.6) is 5.88 Å². The monoisotopic (exact) mass is 289 g/mol. The predicted octanol–water partition coefficient (Wildman–Crippen LogP) is 0.326. The molecule has 0 bridgehead atoms. The Hall–Kier alpha value is -2.41. The molecule has 0 fully saturated rings. The van der Waals surface area contributed by atoms with Gasteiger partial charge in [-0.15, -0.1) is 0 Å². The zero-order valence-corrected chi connectivity index (χ0v) is 12.2. The molecule has 0 aliphatic carbocycles. The van der Waals surface area contributed by atoms with Crippen molar-refractivity contribution in [3.63, 3.8) is 0 Å². The van der Waals surface area contributed by atoms with E-state index in [1.807, 2.05) is 19.2 Å². The summed E-state index contributed by atoms with van der Waals surface area (Å²) in [5.41, 5.74) is 1.26. The number of nitrogens with zero attached hydrogens (tertiary/aromatic N) is 3. The summed E-state index contributed by atoms with van der Waals surface area (Å²) >= 11 is 0. The number of nitrogens with one attached hydrogen (secondary N) is 2. The fraction of sp³-hybridized carbons (Fsp3) is 0.357. The molecule has 2 aromatic heterocycles. The van der Waals surface area contributed by atoms with Crippen molar-refractivity contribution in [3.05, 3.63) is 46.5 Å². The highest BCUT2D eigenvalue weighted by Crippen LogP contribution is 2.07. The molecule has 7 nitrogen and oxygen atoms in total. The first-order chi connectivity index (χ1) is 10.2. The van der Waals surface area contributed by atoms with E-state index in [4.69, 9.17) is 4.74 Å². The maximum absolute atomic E-state index is 12.0. The van der Waals surface area contributed by atoms with Crippen LogP contribution >= 0.6 is 0 Å². The molecule has 0 aliphatic heterocycles. The highest BCUT2D eigenvalue weighted by Gasteiger charge is 2.03. The lowest BCUT2D eigenvalue weighted by atomic mass is 10.3. The van der Waals surface area contributed by atoms with E-state index in [1.54, 1.807) is 19.4 Å². The van der Waals surface area contributed by atoms with Crippen molar-refractivity contribution < 1.29 is 4.74 Å². The Bertz CT molecular complexity index is 641. The van der Waals surface area contributed by atoms with Crippen molar-refractivity contribution in [2.24, 2.45) is 0 Å². The molecule has 112 valence electrons. The van der Waals surface area contributed by atoms with Crippen molar-refractivity contribution in [1.29, 1.82) is 0 Å².